The predicted molar refractivity (Wildman–Crippen MR) is 114 cm³/mol. The maximum Gasteiger partial charge on any atom is 0.306 e. The van der Waals surface area contributed by atoms with Crippen molar-refractivity contribution in [3.05, 3.63) is 71.3 Å². The molecule has 7 nitrogen and oxygen atoms in total. The molecular weight excluding hydrogens is 396 g/mol. The highest BCUT2D eigenvalue weighted by Crippen LogP contribution is 2.22. The van der Waals surface area contributed by atoms with Crippen molar-refractivity contribution in [1.82, 2.24) is 10.2 Å². The van der Waals surface area contributed by atoms with Gasteiger partial charge in [-0.25, -0.2) is 0 Å². The van der Waals surface area contributed by atoms with Crippen LogP contribution in [0.4, 0.5) is 0 Å². The van der Waals surface area contributed by atoms with E-state index >= 15 is 0 Å². The molecular formula is C24H26N2O5. The second-order valence-corrected chi connectivity index (χ2v) is 7.56. The van der Waals surface area contributed by atoms with Crippen LogP contribution in [-0.2, 0) is 20.7 Å². The van der Waals surface area contributed by atoms with E-state index in [1.54, 1.807) is 24.3 Å². The van der Waals surface area contributed by atoms with E-state index in [0.29, 0.717) is 11.1 Å². The molecule has 0 saturated carbocycles. The van der Waals surface area contributed by atoms with Gasteiger partial charge in [-0.2, -0.15) is 0 Å². The van der Waals surface area contributed by atoms with Crippen molar-refractivity contribution in [3.63, 3.8) is 0 Å². The van der Waals surface area contributed by atoms with Gasteiger partial charge >= 0.3 is 5.97 Å². The van der Waals surface area contributed by atoms with E-state index in [2.05, 4.69) is 5.32 Å². The van der Waals surface area contributed by atoms with Gasteiger partial charge in [0, 0.05) is 19.0 Å². The van der Waals surface area contributed by atoms with E-state index in [1.165, 1.54) is 5.56 Å². The Kier molecular flexibility index (Phi) is 7.54. The van der Waals surface area contributed by atoms with E-state index in [1.807, 2.05) is 37.3 Å². The molecule has 0 saturated heterocycles. The molecule has 1 aliphatic heterocycles. The van der Waals surface area contributed by atoms with E-state index < -0.39 is 5.97 Å². The summed E-state index contributed by atoms with van der Waals surface area (Å²) in [5.74, 6) is -1.59. The lowest BCUT2D eigenvalue weighted by atomic mass is 10.1. The summed E-state index contributed by atoms with van der Waals surface area (Å²) >= 11 is 0. The number of rotatable bonds is 10. The minimum atomic E-state index is -0.538. The average Bonchev–Trinajstić information content (AvgIpc) is 3.02. The summed E-state index contributed by atoms with van der Waals surface area (Å²) in [6, 6.07) is 16.6. The monoisotopic (exact) mass is 422 g/mol. The van der Waals surface area contributed by atoms with Gasteiger partial charge in [0.15, 0.2) is 6.61 Å². The molecule has 162 valence electrons. The normalized spacial score (nSPS) is 13.6. The van der Waals surface area contributed by atoms with Gasteiger partial charge in [-0.15, -0.1) is 0 Å². The molecule has 1 atom stereocenters. The van der Waals surface area contributed by atoms with Crippen molar-refractivity contribution in [2.75, 3.05) is 13.2 Å². The van der Waals surface area contributed by atoms with Gasteiger partial charge < -0.3 is 10.1 Å². The number of carbonyl (C=O) groups is 4. The van der Waals surface area contributed by atoms with Gasteiger partial charge in [0.1, 0.15) is 0 Å². The van der Waals surface area contributed by atoms with Crippen molar-refractivity contribution >= 4 is 23.7 Å². The highest BCUT2D eigenvalue weighted by atomic mass is 16.5. The number of hydrogen-bond acceptors (Lipinski definition) is 5. The van der Waals surface area contributed by atoms with Crippen LogP contribution in [0.1, 0.15) is 52.5 Å². The van der Waals surface area contributed by atoms with Crippen LogP contribution in [0.15, 0.2) is 54.6 Å². The Morgan fingerprint density at radius 1 is 0.968 bits per heavy atom. The lowest BCUT2D eigenvalue weighted by Gasteiger charge is -2.15. The molecule has 7 heteroatoms. The molecule has 0 aliphatic carbocycles. The molecule has 1 heterocycles. The summed E-state index contributed by atoms with van der Waals surface area (Å²) in [7, 11) is 0. The molecule has 0 radical (unpaired) electrons. The molecule has 1 aliphatic rings. The number of nitrogens with one attached hydrogen (secondary N) is 1. The van der Waals surface area contributed by atoms with E-state index in [9.17, 15) is 19.2 Å². The van der Waals surface area contributed by atoms with Crippen LogP contribution in [0.5, 0.6) is 0 Å². The highest BCUT2D eigenvalue weighted by molar-refractivity contribution is 6.21. The lowest BCUT2D eigenvalue weighted by Crippen LogP contribution is -2.36. The summed E-state index contributed by atoms with van der Waals surface area (Å²) in [5, 5.41) is 2.81. The summed E-state index contributed by atoms with van der Waals surface area (Å²) in [4.78, 5) is 49.6. The minimum absolute atomic E-state index is 0.0181. The van der Waals surface area contributed by atoms with E-state index in [4.69, 9.17) is 4.74 Å². The Balaban J connectivity index is 1.32. The van der Waals surface area contributed by atoms with Crippen LogP contribution >= 0.6 is 0 Å². The third-order valence-electron chi connectivity index (χ3n) is 5.12. The maximum atomic E-state index is 12.3. The third kappa shape index (κ3) is 6.01. The van der Waals surface area contributed by atoms with Crippen LogP contribution in [0.2, 0.25) is 0 Å². The van der Waals surface area contributed by atoms with Crippen LogP contribution < -0.4 is 5.32 Å². The Morgan fingerprint density at radius 3 is 2.23 bits per heavy atom. The summed E-state index contributed by atoms with van der Waals surface area (Å²) in [6.07, 6.45) is 1.92. The molecule has 0 unspecified atom stereocenters. The quantitative estimate of drug-likeness (QED) is 0.469. The Hall–Kier alpha value is -3.48. The first-order chi connectivity index (χ1) is 15.0. The van der Waals surface area contributed by atoms with Crippen molar-refractivity contribution < 1.29 is 23.9 Å². The molecule has 1 N–H and O–H groups in total. The number of nitrogens with zero attached hydrogens (tertiary/aromatic N) is 1. The molecule has 2 aromatic carbocycles. The molecule has 0 aromatic heterocycles. The fourth-order valence-corrected chi connectivity index (χ4v) is 3.46. The fraction of sp³-hybridized carbons (Fsp3) is 0.333. The summed E-state index contributed by atoms with van der Waals surface area (Å²) < 4.78 is 5.01. The molecule has 31 heavy (non-hydrogen) atoms. The average molecular weight is 422 g/mol. The molecule has 0 fully saturated rings. The SMILES string of the molecule is C[C@@H](CCc1ccccc1)NC(=O)COC(=O)CCCN1C(=O)c2ccccc2C1=O. The van der Waals surface area contributed by atoms with Crippen molar-refractivity contribution in [2.45, 2.75) is 38.6 Å². The number of fused-ring (bicyclic) bond motifs is 1. The van der Waals surface area contributed by atoms with Crippen molar-refractivity contribution in [3.8, 4) is 0 Å². The number of benzene rings is 2. The Bertz CT molecular complexity index is 922. The van der Waals surface area contributed by atoms with Gasteiger partial charge in [-0.3, -0.25) is 24.1 Å². The van der Waals surface area contributed by atoms with Crippen molar-refractivity contribution in [2.24, 2.45) is 0 Å². The largest absolute Gasteiger partial charge is 0.456 e. The number of aryl methyl sites for hydroxylation is 1. The van der Waals surface area contributed by atoms with Gasteiger partial charge in [-0.05, 0) is 43.9 Å². The first kappa shape index (κ1) is 22.2. The van der Waals surface area contributed by atoms with Gasteiger partial charge in [0.25, 0.3) is 17.7 Å². The van der Waals surface area contributed by atoms with Crippen molar-refractivity contribution in [1.29, 1.82) is 0 Å². The maximum absolute atomic E-state index is 12.3. The zero-order chi connectivity index (χ0) is 22.2. The number of esters is 1. The Morgan fingerprint density at radius 2 is 1.58 bits per heavy atom. The molecule has 0 bridgehead atoms. The molecule has 3 amide bonds. The standard InChI is InChI=1S/C24H26N2O5/c1-17(13-14-18-8-3-2-4-9-18)25-21(27)16-31-22(28)12-7-15-26-23(29)19-10-5-6-11-20(19)24(26)30/h2-6,8-11,17H,7,12-16H2,1H3,(H,25,27)/t17-/m0/s1. The number of imide groups is 1. The van der Waals surface area contributed by atoms with Gasteiger partial charge in [0.2, 0.25) is 0 Å². The minimum Gasteiger partial charge on any atom is -0.456 e. The summed E-state index contributed by atoms with van der Waals surface area (Å²) in [5.41, 5.74) is 1.97. The second-order valence-electron chi connectivity index (χ2n) is 7.56. The van der Waals surface area contributed by atoms with E-state index in [-0.39, 0.29) is 49.8 Å². The van der Waals surface area contributed by atoms with Crippen LogP contribution in [0.25, 0.3) is 0 Å². The predicted octanol–water partition coefficient (Wildman–Crippen LogP) is 2.74. The van der Waals surface area contributed by atoms with Crippen LogP contribution in [0, 0.1) is 0 Å². The zero-order valence-corrected chi connectivity index (χ0v) is 17.5. The smallest absolute Gasteiger partial charge is 0.306 e. The lowest BCUT2D eigenvalue weighted by molar-refractivity contribution is -0.148. The zero-order valence-electron chi connectivity index (χ0n) is 17.5. The number of amides is 3. The van der Waals surface area contributed by atoms with E-state index in [0.717, 1.165) is 17.7 Å². The number of ether oxygens (including phenoxy) is 1. The third-order valence-corrected chi connectivity index (χ3v) is 5.12. The van der Waals surface area contributed by atoms with Crippen LogP contribution in [-0.4, -0.2) is 47.8 Å². The number of carbonyl (C=O) groups excluding carboxylic acids is 4. The Labute approximate surface area is 181 Å². The molecule has 3 rings (SSSR count). The van der Waals surface area contributed by atoms with Crippen LogP contribution in [0.3, 0.4) is 0 Å². The molecule has 0 spiro atoms. The molecule has 2 aromatic rings. The topological polar surface area (TPSA) is 92.8 Å². The number of hydrogen-bond donors (Lipinski definition) is 1. The first-order valence-electron chi connectivity index (χ1n) is 10.4. The summed E-state index contributed by atoms with van der Waals surface area (Å²) in [6.45, 7) is 1.69. The first-order valence-corrected chi connectivity index (χ1v) is 10.4. The highest BCUT2D eigenvalue weighted by Gasteiger charge is 2.34. The van der Waals surface area contributed by atoms with Gasteiger partial charge in [-0.1, -0.05) is 42.5 Å². The second kappa shape index (κ2) is 10.5. The van der Waals surface area contributed by atoms with Gasteiger partial charge in [0.05, 0.1) is 11.1 Å². The fourth-order valence-electron chi connectivity index (χ4n) is 3.46.